The minimum Gasteiger partial charge on any atom is -0.243 e. The lowest BCUT2D eigenvalue weighted by Crippen LogP contribution is -2.10. The van der Waals surface area contributed by atoms with Crippen LogP contribution in [0.4, 0.5) is 8.78 Å². The highest BCUT2D eigenvalue weighted by atomic mass is 19.2. The van der Waals surface area contributed by atoms with Gasteiger partial charge in [0.2, 0.25) is 0 Å². The van der Waals surface area contributed by atoms with Crippen LogP contribution in [0, 0.1) is 0 Å². The Morgan fingerprint density at radius 3 is 2.44 bits per heavy atom. The highest BCUT2D eigenvalue weighted by molar-refractivity contribution is 5.39. The molecule has 0 amide bonds. The number of unbranched alkanes of at least 4 members (excludes halogenated alkanes) is 2. The molecule has 0 saturated carbocycles. The maximum atomic E-state index is 13.8. The lowest BCUT2D eigenvalue weighted by Gasteiger charge is -2.14. The smallest absolute Gasteiger partial charge is 0.157 e. The predicted molar refractivity (Wildman–Crippen MR) is 62.1 cm³/mol. The van der Waals surface area contributed by atoms with Gasteiger partial charge in [-0.1, -0.05) is 50.5 Å². The van der Waals surface area contributed by atoms with Crippen molar-refractivity contribution in [3.63, 3.8) is 0 Å². The van der Waals surface area contributed by atoms with Gasteiger partial charge in [-0.15, -0.1) is 0 Å². The van der Waals surface area contributed by atoms with Crippen molar-refractivity contribution in [1.82, 2.24) is 0 Å². The van der Waals surface area contributed by atoms with Gasteiger partial charge in [-0.05, 0) is 17.5 Å². The molecule has 2 heteroatoms. The van der Waals surface area contributed by atoms with Crippen molar-refractivity contribution in [2.45, 2.75) is 50.9 Å². The molecule has 0 spiro atoms. The van der Waals surface area contributed by atoms with Gasteiger partial charge in [0.25, 0.3) is 0 Å². The maximum Gasteiger partial charge on any atom is 0.157 e. The van der Waals surface area contributed by atoms with Crippen molar-refractivity contribution in [2.75, 3.05) is 0 Å². The third kappa shape index (κ3) is 1.98. The van der Waals surface area contributed by atoms with Crippen LogP contribution >= 0.6 is 0 Å². The van der Waals surface area contributed by atoms with E-state index in [1.54, 1.807) is 12.1 Å². The molecule has 1 aliphatic rings. The number of hydrogen-bond acceptors (Lipinski definition) is 0. The molecule has 1 aliphatic carbocycles. The Balaban J connectivity index is 2.14. The molecule has 0 saturated heterocycles. The summed E-state index contributed by atoms with van der Waals surface area (Å²) in [5, 5.41) is 0. The van der Waals surface area contributed by atoms with Crippen LogP contribution in [0.3, 0.4) is 0 Å². The van der Waals surface area contributed by atoms with E-state index in [-0.39, 0.29) is 5.92 Å². The van der Waals surface area contributed by atoms with E-state index >= 15 is 0 Å². The second-order valence-corrected chi connectivity index (χ2v) is 4.58. The fourth-order valence-corrected chi connectivity index (χ4v) is 2.58. The second kappa shape index (κ2) is 4.94. The van der Waals surface area contributed by atoms with Gasteiger partial charge in [-0.25, -0.2) is 8.78 Å². The summed E-state index contributed by atoms with van der Waals surface area (Å²) in [4.78, 5) is 0. The van der Waals surface area contributed by atoms with E-state index in [0.717, 1.165) is 31.2 Å². The Bertz CT molecular complexity index is 348. The van der Waals surface area contributed by atoms with E-state index in [0.29, 0.717) is 5.56 Å². The first-order valence-electron chi connectivity index (χ1n) is 6.12. The standard InChI is InChI=1S/C14H18F2/c1-2-3-4-8-11-10-7-5-6-9-12(10)14(16)13(11)15/h5-7,9,11,13-14H,2-4,8H2,1H3. The third-order valence-corrected chi connectivity index (χ3v) is 3.48. The molecular weight excluding hydrogens is 206 g/mol. The van der Waals surface area contributed by atoms with Crippen molar-refractivity contribution in [3.8, 4) is 0 Å². The van der Waals surface area contributed by atoms with Crippen molar-refractivity contribution < 1.29 is 8.78 Å². The number of hydrogen-bond donors (Lipinski definition) is 0. The maximum absolute atomic E-state index is 13.8. The topological polar surface area (TPSA) is 0 Å². The largest absolute Gasteiger partial charge is 0.243 e. The number of fused-ring (bicyclic) bond motifs is 1. The van der Waals surface area contributed by atoms with Crippen LogP contribution in [0.2, 0.25) is 0 Å². The lowest BCUT2D eigenvalue weighted by atomic mass is 9.94. The van der Waals surface area contributed by atoms with E-state index in [1.807, 2.05) is 12.1 Å². The minimum atomic E-state index is -1.41. The summed E-state index contributed by atoms with van der Waals surface area (Å²) in [6.07, 6.45) is 1.22. The van der Waals surface area contributed by atoms with Crippen LogP contribution in [-0.2, 0) is 0 Å². The van der Waals surface area contributed by atoms with Crippen LogP contribution in [0.1, 0.15) is 55.8 Å². The lowest BCUT2D eigenvalue weighted by molar-refractivity contribution is 0.158. The highest BCUT2D eigenvalue weighted by Crippen LogP contribution is 2.46. The zero-order valence-corrected chi connectivity index (χ0v) is 9.63. The fraction of sp³-hybridized carbons (Fsp3) is 0.571. The van der Waals surface area contributed by atoms with Crippen LogP contribution < -0.4 is 0 Å². The number of alkyl halides is 2. The Hall–Kier alpha value is -0.920. The third-order valence-electron chi connectivity index (χ3n) is 3.48. The van der Waals surface area contributed by atoms with E-state index in [9.17, 15) is 8.78 Å². The Labute approximate surface area is 95.7 Å². The number of benzene rings is 1. The molecule has 0 aromatic heterocycles. The van der Waals surface area contributed by atoms with Crippen LogP contribution in [0.15, 0.2) is 24.3 Å². The summed E-state index contributed by atoms with van der Waals surface area (Å²) in [5.74, 6) is -0.224. The molecule has 1 aromatic carbocycles. The molecule has 0 bridgehead atoms. The van der Waals surface area contributed by atoms with E-state index in [2.05, 4.69) is 6.92 Å². The molecule has 16 heavy (non-hydrogen) atoms. The van der Waals surface area contributed by atoms with Crippen molar-refractivity contribution in [1.29, 1.82) is 0 Å². The molecule has 0 nitrogen and oxygen atoms in total. The van der Waals surface area contributed by atoms with E-state index in [4.69, 9.17) is 0 Å². The Morgan fingerprint density at radius 1 is 1.06 bits per heavy atom. The summed E-state index contributed by atoms with van der Waals surface area (Å²) >= 11 is 0. The van der Waals surface area contributed by atoms with E-state index in [1.165, 1.54) is 0 Å². The van der Waals surface area contributed by atoms with Gasteiger partial charge in [0.15, 0.2) is 6.17 Å². The van der Waals surface area contributed by atoms with Gasteiger partial charge in [0.05, 0.1) is 0 Å². The predicted octanol–water partition coefficient (Wildman–Crippen LogP) is 4.71. The normalized spacial score (nSPS) is 28.1. The summed E-state index contributed by atoms with van der Waals surface area (Å²) in [6.45, 7) is 2.12. The minimum absolute atomic E-state index is 0.224. The molecule has 0 heterocycles. The number of rotatable bonds is 4. The summed E-state index contributed by atoms with van der Waals surface area (Å²) < 4.78 is 27.5. The van der Waals surface area contributed by atoms with Gasteiger partial charge in [0.1, 0.15) is 6.17 Å². The molecule has 0 aliphatic heterocycles. The molecule has 2 rings (SSSR count). The van der Waals surface area contributed by atoms with Crippen molar-refractivity contribution >= 4 is 0 Å². The molecule has 88 valence electrons. The van der Waals surface area contributed by atoms with Crippen LogP contribution in [0.5, 0.6) is 0 Å². The van der Waals surface area contributed by atoms with Gasteiger partial charge >= 0.3 is 0 Å². The Kier molecular flexibility index (Phi) is 3.57. The molecule has 3 unspecified atom stereocenters. The first kappa shape index (κ1) is 11.6. The summed E-state index contributed by atoms with van der Waals surface area (Å²) in [7, 11) is 0. The van der Waals surface area contributed by atoms with Gasteiger partial charge in [0, 0.05) is 5.92 Å². The van der Waals surface area contributed by atoms with Gasteiger partial charge in [-0.3, -0.25) is 0 Å². The Morgan fingerprint density at radius 2 is 1.75 bits per heavy atom. The highest BCUT2D eigenvalue weighted by Gasteiger charge is 2.40. The molecular formula is C14H18F2. The molecule has 0 radical (unpaired) electrons. The summed E-state index contributed by atoms with van der Waals surface area (Å²) in [5.41, 5.74) is 1.45. The quantitative estimate of drug-likeness (QED) is 0.649. The average Bonchev–Trinajstić information content (AvgIpc) is 2.55. The molecule has 1 aromatic rings. The zero-order valence-electron chi connectivity index (χ0n) is 9.63. The zero-order chi connectivity index (χ0) is 11.5. The monoisotopic (exact) mass is 224 g/mol. The average molecular weight is 224 g/mol. The first-order valence-corrected chi connectivity index (χ1v) is 6.12. The molecule has 3 atom stereocenters. The van der Waals surface area contributed by atoms with E-state index < -0.39 is 12.3 Å². The fourth-order valence-electron chi connectivity index (χ4n) is 2.58. The van der Waals surface area contributed by atoms with Crippen molar-refractivity contribution in [3.05, 3.63) is 35.4 Å². The first-order chi connectivity index (χ1) is 7.75. The van der Waals surface area contributed by atoms with Crippen LogP contribution in [0.25, 0.3) is 0 Å². The van der Waals surface area contributed by atoms with Crippen molar-refractivity contribution in [2.24, 2.45) is 0 Å². The summed E-state index contributed by atoms with van der Waals surface area (Å²) in [6, 6.07) is 7.24. The van der Waals surface area contributed by atoms with Gasteiger partial charge in [-0.2, -0.15) is 0 Å². The number of halogens is 2. The second-order valence-electron chi connectivity index (χ2n) is 4.58. The van der Waals surface area contributed by atoms with Crippen LogP contribution in [-0.4, -0.2) is 6.17 Å². The molecule has 0 fully saturated rings. The SMILES string of the molecule is CCCCCC1c2ccccc2C(F)C1F. The molecule has 0 N–H and O–H groups in total. The van der Waals surface area contributed by atoms with Gasteiger partial charge < -0.3 is 0 Å².